The van der Waals surface area contributed by atoms with E-state index in [1.54, 1.807) is 4.90 Å². The van der Waals surface area contributed by atoms with Crippen molar-refractivity contribution >= 4 is 6.09 Å². The molecule has 2 atom stereocenters. The van der Waals surface area contributed by atoms with Gasteiger partial charge >= 0.3 is 6.09 Å². The van der Waals surface area contributed by atoms with Gasteiger partial charge in [0.1, 0.15) is 11.9 Å². The van der Waals surface area contributed by atoms with Crippen LogP contribution in [0.2, 0.25) is 0 Å². The van der Waals surface area contributed by atoms with Gasteiger partial charge in [0.25, 0.3) is 0 Å². The summed E-state index contributed by atoms with van der Waals surface area (Å²) in [7, 11) is 0. The fourth-order valence-corrected chi connectivity index (χ4v) is 3.32. The van der Waals surface area contributed by atoms with Crippen LogP contribution in [0.25, 0.3) is 0 Å². The summed E-state index contributed by atoms with van der Waals surface area (Å²) in [6.07, 6.45) is 0.583. The Morgan fingerprint density at radius 3 is 2.56 bits per heavy atom. The van der Waals surface area contributed by atoms with E-state index in [4.69, 9.17) is 9.47 Å². The molecule has 0 unspecified atom stereocenters. The number of benzene rings is 2. The minimum absolute atomic E-state index is 0.0363. The molecule has 0 N–H and O–H groups in total. The zero-order valence-corrected chi connectivity index (χ0v) is 14.9. The van der Waals surface area contributed by atoms with Gasteiger partial charge in [0.15, 0.2) is 0 Å². The normalized spacial score (nSPS) is 20.2. The summed E-state index contributed by atoms with van der Waals surface area (Å²) >= 11 is 0. The Labute approximate surface area is 149 Å². The molecule has 132 valence electrons. The van der Waals surface area contributed by atoms with Crippen LogP contribution in [-0.2, 0) is 4.74 Å². The Morgan fingerprint density at radius 1 is 1.12 bits per heavy atom. The molecule has 0 spiro atoms. The highest BCUT2D eigenvalue weighted by Gasteiger charge is 2.34. The lowest BCUT2D eigenvalue weighted by molar-refractivity contribution is 0.0571. The molecule has 0 radical (unpaired) electrons. The second kappa shape index (κ2) is 8.06. The van der Waals surface area contributed by atoms with Crippen molar-refractivity contribution in [2.45, 2.75) is 32.3 Å². The first-order chi connectivity index (χ1) is 12.2. The number of ether oxygens (including phenoxy) is 2. The van der Waals surface area contributed by atoms with Crippen LogP contribution < -0.4 is 4.74 Å². The van der Waals surface area contributed by atoms with Crippen LogP contribution >= 0.6 is 0 Å². The zero-order chi connectivity index (χ0) is 17.6. The Balaban J connectivity index is 1.81. The number of rotatable bonds is 4. The molecule has 1 heterocycles. The van der Waals surface area contributed by atoms with Crippen LogP contribution in [0.3, 0.4) is 0 Å². The Hall–Kier alpha value is -2.49. The van der Waals surface area contributed by atoms with Crippen molar-refractivity contribution in [3.63, 3.8) is 0 Å². The first kappa shape index (κ1) is 17.3. The number of piperidine rings is 1. The maximum atomic E-state index is 12.2. The predicted octanol–water partition coefficient (Wildman–Crippen LogP) is 4.39. The average Bonchev–Trinajstić information content (AvgIpc) is 2.65. The highest BCUT2D eigenvalue weighted by Crippen LogP contribution is 2.32. The van der Waals surface area contributed by atoms with Gasteiger partial charge in [-0.15, -0.1) is 0 Å². The summed E-state index contributed by atoms with van der Waals surface area (Å²) < 4.78 is 11.5. The molecular formula is C21H25NO3. The number of hydrogen-bond acceptors (Lipinski definition) is 3. The summed E-state index contributed by atoms with van der Waals surface area (Å²) in [5, 5.41) is 0. The number of aryl methyl sites for hydroxylation is 1. The van der Waals surface area contributed by atoms with Gasteiger partial charge in [-0.2, -0.15) is 0 Å². The largest absolute Gasteiger partial charge is 0.489 e. The minimum Gasteiger partial charge on any atom is -0.489 e. The maximum absolute atomic E-state index is 12.2. The quantitative estimate of drug-likeness (QED) is 0.829. The van der Waals surface area contributed by atoms with Crippen molar-refractivity contribution in [1.29, 1.82) is 0 Å². The lowest BCUT2D eigenvalue weighted by Crippen LogP contribution is -2.47. The van der Waals surface area contributed by atoms with Crippen molar-refractivity contribution in [3.8, 4) is 5.75 Å². The summed E-state index contributed by atoms with van der Waals surface area (Å²) in [4.78, 5) is 13.9. The van der Waals surface area contributed by atoms with Crippen molar-refractivity contribution in [1.82, 2.24) is 4.90 Å². The number of amides is 1. The second-order valence-corrected chi connectivity index (χ2v) is 6.37. The lowest BCUT2D eigenvalue weighted by Gasteiger charge is -2.38. The molecule has 2 aromatic carbocycles. The van der Waals surface area contributed by atoms with E-state index in [2.05, 4.69) is 25.1 Å². The lowest BCUT2D eigenvalue weighted by atomic mass is 9.88. The van der Waals surface area contributed by atoms with Crippen LogP contribution in [0, 0.1) is 6.92 Å². The molecule has 0 bridgehead atoms. The van der Waals surface area contributed by atoms with E-state index >= 15 is 0 Å². The van der Waals surface area contributed by atoms with E-state index in [-0.39, 0.29) is 18.1 Å². The van der Waals surface area contributed by atoms with Crippen LogP contribution in [0.1, 0.15) is 30.4 Å². The molecule has 0 aromatic heterocycles. The van der Waals surface area contributed by atoms with Gasteiger partial charge in [0.05, 0.1) is 6.61 Å². The van der Waals surface area contributed by atoms with Crippen molar-refractivity contribution in [3.05, 3.63) is 65.7 Å². The average molecular weight is 339 g/mol. The minimum atomic E-state index is -0.238. The highest BCUT2D eigenvalue weighted by molar-refractivity contribution is 5.68. The Morgan fingerprint density at radius 2 is 1.84 bits per heavy atom. The molecule has 3 rings (SSSR count). The van der Waals surface area contributed by atoms with Crippen molar-refractivity contribution in [2.75, 3.05) is 19.7 Å². The Bertz CT molecular complexity index is 701. The van der Waals surface area contributed by atoms with E-state index < -0.39 is 0 Å². The third kappa shape index (κ3) is 4.13. The van der Waals surface area contributed by atoms with E-state index in [0.717, 1.165) is 17.7 Å². The standard InChI is InChI=1S/C21H25NO3/c1-3-24-21(23)22-14-13-20(25-19-12-8-7-9-16(19)2)18(15-22)17-10-5-4-6-11-17/h4-12,18,20H,3,13-15H2,1-2H3/t18-,20-/m0/s1. The number of hydrogen-bond donors (Lipinski definition) is 0. The molecule has 1 amide bonds. The summed E-state index contributed by atoms with van der Waals surface area (Å²) in [5.41, 5.74) is 2.32. The van der Waals surface area contributed by atoms with Crippen LogP contribution in [-0.4, -0.2) is 36.8 Å². The molecule has 1 saturated heterocycles. The van der Waals surface area contributed by atoms with Crippen LogP contribution in [0.4, 0.5) is 4.79 Å². The fraction of sp³-hybridized carbons (Fsp3) is 0.381. The van der Waals surface area contributed by atoms with Gasteiger partial charge in [-0.3, -0.25) is 0 Å². The van der Waals surface area contributed by atoms with Gasteiger partial charge < -0.3 is 14.4 Å². The first-order valence-corrected chi connectivity index (χ1v) is 8.88. The van der Waals surface area contributed by atoms with E-state index in [0.29, 0.717) is 19.7 Å². The smallest absolute Gasteiger partial charge is 0.409 e. The zero-order valence-electron chi connectivity index (χ0n) is 14.9. The number of likely N-dealkylation sites (tertiary alicyclic amines) is 1. The van der Waals surface area contributed by atoms with E-state index in [1.165, 1.54) is 5.56 Å². The molecule has 2 aromatic rings. The molecule has 1 fully saturated rings. The number of para-hydroxylation sites is 1. The molecule has 0 saturated carbocycles. The summed E-state index contributed by atoms with van der Waals surface area (Å²) in [6, 6.07) is 18.4. The van der Waals surface area contributed by atoms with E-state index in [9.17, 15) is 4.79 Å². The molecular weight excluding hydrogens is 314 g/mol. The number of carbonyl (C=O) groups is 1. The maximum Gasteiger partial charge on any atom is 0.409 e. The van der Waals surface area contributed by atoms with Gasteiger partial charge in [-0.1, -0.05) is 48.5 Å². The monoisotopic (exact) mass is 339 g/mol. The summed E-state index contributed by atoms with van der Waals surface area (Å²) in [5.74, 6) is 1.04. The van der Waals surface area contributed by atoms with E-state index in [1.807, 2.05) is 43.3 Å². The Kier molecular flexibility index (Phi) is 5.59. The fourth-order valence-electron chi connectivity index (χ4n) is 3.32. The van der Waals surface area contributed by atoms with Gasteiger partial charge in [0, 0.05) is 25.4 Å². The number of carbonyl (C=O) groups excluding carboxylic acids is 1. The number of nitrogens with zero attached hydrogens (tertiary/aromatic N) is 1. The first-order valence-electron chi connectivity index (χ1n) is 8.88. The summed E-state index contributed by atoms with van der Waals surface area (Å²) in [6.45, 7) is 5.55. The van der Waals surface area contributed by atoms with Crippen molar-refractivity contribution < 1.29 is 14.3 Å². The SMILES string of the molecule is CCOC(=O)N1CC[C@H](Oc2ccccc2C)[C@H](c2ccccc2)C1. The van der Waals surface area contributed by atoms with Crippen LogP contribution in [0.5, 0.6) is 5.75 Å². The predicted molar refractivity (Wildman–Crippen MR) is 98.0 cm³/mol. The van der Waals surface area contributed by atoms with Gasteiger partial charge in [0.2, 0.25) is 0 Å². The highest BCUT2D eigenvalue weighted by atomic mass is 16.6. The molecule has 1 aliphatic rings. The second-order valence-electron chi connectivity index (χ2n) is 6.37. The third-order valence-corrected chi connectivity index (χ3v) is 4.68. The van der Waals surface area contributed by atoms with Gasteiger partial charge in [-0.05, 0) is 31.0 Å². The molecule has 4 heteroatoms. The molecule has 25 heavy (non-hydrogen) atoms. The topological polar surface area (TPSA) is 38.8 Å². The molecule has 1 aliphatic heterocycles. The van der Waals surface area contributed by atoms with Gasteiger partial charge in [-0.25, -0.2) is 4.79 Å². The third-order valence-electron chi connectivity index (χ3n) is 4.68. The molecule has 0 aliphatic carbocycles. The molecule has 4 nitrogen and oxygen atoms in total. The van der Waals surface area contributed by atoms with Crippen molar-refractivity contribution in [2.24, 2.45) is 0 Å². The van der Waals surface area contributed by atoms with Crippen LogP contribution in [0.15, 0.2) is 54.6 Å².